The number of nitrogens with one attached hydrogen (secondary N) is 1. The predicted molar refractivity (Wildman–Crippen MR) is 143 cm³/mol. The lowest BCUT2D eigenvalue weighted by molar-refractivity contribution is -0.106. The van der Waals surface area contributed by atoms with Crippen LogP contribution in [0.3, 0.4) is 0 Å². The fourth-order valence-corrected chi connectivity index (χ4v) is 4.43. The van der Waals surface area contributed by atoms with Gasteiger partial charge in [-0.1, -0.05) is 17.7 Å². The minimum absolute atomic E-state index is 0.176. The minimum Gasteiger partial charge on any atom is -0.507 e. The Hall–Kier alpha value is -3.55. The van der Waals surface area contributed by atoms with Crippen molar-refractivity contribution in [2.75, 3.05) is 43.7 Å². The molecule has 1 aliphatic rings. The molecule has 0 bridgehead atoms. The lowest BCUT2D eigenvalue weighted by Crippen LogP contribution is -2.22. The quantitative estimate of drug-likeness (QED) is 0.464. The van der Waals surface area contributed by atoms with Gasteiger partial charge in [-0.05, 0) is 66.9 Å². The van der Waals surface area contributed by atoms with E-state index in [-0.39, 0.29) is 5.75 Å². The van der Waals surface area contributed by atoms with Gasteiger partial charge in [-0.15, -0.1) is 0 Å². The summed E-state index contributed by atoms with van der Waals surface area (Å²) < 4.78 is 0. The van der Waals surface area contributed by atoms with Gasteiger partial charge in [0.05, 0.1) is 17.4 Å². The maximum Gasteiger partial charge on any atom is 0.218 e. The highest BCUT2D eigenvalue weighted by Crippen LogP contribution is 2.42. The summed E-state index contributed by atoms with van der Waals surface area (Å²) >= 11 is 6.58. The number of rotatable bonds is 7. The van der Waals surface area contributed by atoms with Crippen LogP contribution in [-0.4, -0.2) is 55.3 Å². The minimum atomic E-state index is 0.176. The summed E-state index contributed by atoms with van der Waals surface area (Å²) in [5.74, 6) is 1.06. The molecule has 0 unspecified atom stereocenters. The van der Waals surface area contributed by atoms with Gasteiger partial charge in [0.15, 0.2) is 0 Å². The summed E-state index contributed by atoms with van der Waals surface area (Å²) in [7, 11) is 3.75. The monoisotopic (exact) mass is 491 g/mol. The van der Waals surface area contributed by atoms with Gasteiger partial charge in [0.25, 0.3) is 0 Å². The number of benzene rings is 2. The molecule has 0 radical (unpaired) electrons. The van der Waals surface area contributed by atoms with Crippen LogP contribution >= 0.6 is 11.6 Å². The van der Waals surface area contributed by atoms with E-state index in [0.29, 0.717) is 22.7 Å². The van der Waals surface area contributed by atoms with Gasteiger partial charge in [-0.3, -0.25) is 15.0 Å². The second kappa shape index (κ2) is 10.4. The second-order valence-corrected chi connectivity index (χ2v) is 9.33. The van der Waals surface area contributed by atoms with Gasteiger partial charge < -0.3 is 14.9 Å². The van der Waals surface area contributed by atoms with Gasteiger partial charge in [-0.25, -0.2) is 4.98 Å². The van der Waals surface area contributed by atoms with Crippen molar-refractivity contribution < 1.29 is 9.90 Å². The second-order valence-electron chi connectivity index (χ2n) is 8.93. The number of halogens is 1. The SMILES string of the molecule is Cc1cc(-c2cc(C)nc(N3CCNC3)c2)c(O)c(-c2ccc(N(C=O)/C=C\N(C)C)c(Cl)c2)c1. The Kier molecular flexibility index (Phi) is 7.28. The molecule has 0 spiro atoms. The molecule has 0 aliphatic carbocycles. The number of aromatic nitrogens is 1. The average molecular weight is 492 g/mol. The number of aryl methyl sites for hydroxylation is 2. The van der Waals surface area contributed by atoms with Gasteiger partial charge in [0.1, 0.15) is 11.6 Å². The molecule has 1 amide bonds. The number of aromatic hydroxyl groups is 1. The number of amides is 1. The number of phenols is 1. The van der Waals surface area contributed by atoms with Crippen LogP contribution in [0.25, 0.3) is 22.3 Å². The maximum absolute atomic E-state index is 11.6. The molecule has 35 heavy (non-hydrogen) atoms. The molecule has 182 valence electrons. The van der Waals surface area contributed by atoms with Crippen LogP contribution in [0.1, 0.15) is 11.3 Å². The summed E-state index contributed by atoms with van der Waals surface area (Å²) in [6.07, 6.45) is 4.12. The first-order valence-corrected chi connectivity index (χ1v) is 11.8. The largest absolute Gasteiger partial charge is 0.507 e. The average Bonchev–Trinajstić information content (AvgIpc) is 3.36. The van der Waals surface area contributed by atoms with Crippen LogP contribution in [0, 0.1) is 13.8 Å². The molecule has 2 aromatic carbocycles. The Morgan fingerprint density at radius 3 is 2.43 bits per heavy atom. The Labute approximate surface area is 211 Å². The smallest absolute Gasteiger partial charge is 0.218 e. The highest BCUT2D eigenvalue weighted by Gasteiger charge is 2.18. The first-order chi connectivity index (χ1) is 16.8. The third kappa shape index (κ3) is 5.42. The Bertz CT molecular complexity index is 1270. The molecule has 2 N–H and O–H groups in total. The third-order valence-corrected chi connectivity index (χ3v) is 6.17. The number of hydrogen-bond acceptors (Lipinski definition) is 6. The molecule has 3 aromatic rings. The Morgan fingerprint density at radius 1 is 1.06 bits per heavy atom. The van der Waals surface area contributed by atoms with Crippen molar-refractivity contribution in [3.05, 3.63) is 71.1 Å². The van der Waals surface area contributed by atoms with Crippen LogP contribution in [0.2, 0.25) is 5.02 Å². The Balaban J connectivity index is 1.75. The van der Waals surface area contributed by atoms with Crippen LogP contribution in [0.15, 0.2) is 54.9 Å². The zero-order valence-electron chi connectivity index (χ0n) is 20.4. The topological polar surface area (TPSA) is 71.9 Å². The maximum atomic E-state index is 11.6. The van der Waals surface area contributed by atoms with Crippen LogP contribution in [0.5, 0.6) is 5.75 Å². The highest BCUT2D eigenvalue weighted by molar-refractivity contribution is 6.34. The number of carbonyl (C=O) groups excluding carboxylic acids is 1. The molecule has 1 fully saturated rings. The molecule has 0 saturated carbocycles. The van der Waals surface area contributed by atoms with Crippen molar-refractivity contribution >= 4 is 29.5 Å². The molecule has 8 heteroatoms. The van der Waals surface area contributed by atoms with Crippen LogP contribution < -0.4 is 15.1 Å². The number of phenolic OH excluding ortho intramolecular Hbond substituents is 1. The van der Waals surface area contributed by atoms with Crippen molar-refractivity contribution in [2.24, 2.45) is 0 Å². The van der Waals surface area contributed by atoms with Gasteiger partial charge in [0.2, 0.25) is 6.41 Å². The molecular formula is C27H30ClN5O2. The lowest BCUT2D eigenvalue weighted by atomic mass is 9.94. The van der Waals surface area contributed by atoms with Crippen LogP contribution in [0.4, 0.5) is 11.5 Å². The van der Waals surface area contributed by atoms with E-state index < -0.39 is 0 Å². The van der Waals surface area contributed by atoms with E-state index in [4.69, 9.17) is 16.6 Å². The van der Waals surface area contributed by atoms with Gasteiger partial charge >= 0.3 is 0 Å². The van der Waals surface area contributed by atoms with E-state index in [1.54, 1.807) is 24.5 Å². The fraction of sp³-hybridized carbons (Fsp3) is 0.259. The number of nitrogens with zero attached hydrogens (tertiary/aromatic N) is 4. The van der Waals surface area contributed by atoms with E-state index in [0.717, 1.165) is 53.5 Å². The number of anilines is 2. The lowest BCUT2D eigenvalue weighted by Gasteiger charge is -2.19. The van der Waals surface area contributed by atoms with Gasteiger partial charge in [-0.2, -0.15) is 0 Å². The standard InChI is InChI=1S/C27H30ClN5O2/c1-18-11-22(20-5-6-25(24(28)14-20)33(17-34)10-9-31(3)4)27(35)23(12-18)21-13-19(2)30-26(15-21)32-8-7-29-16-32/h5-6,9-15,17,29,35H,7-8,16H2,1-4H3/b10-9-. The van der Waals surface area contributed by atoms with E-state index in [1.807, 2.05) is 63.2 Å². The summed E-state index contributed by atoms with van der Waals surface area (Å²) in [5, 5.41) is 15.1. The van der Waals surface area contributed by atoms with Crippen LogP contribution in [-0.2, 0) is 4.79 Å². The van der Waals surface area contributed by atoms with Crippen molar-refractivity contribution in [2.45, 2.75) is 13.8 Å². The summed E-state index contributed by atoms with van der Waals surface area (Å²) in [6.45, 7) is 6.54. The fourth-order valence-electron chi connectivity index (χ4n) is 4.15. The van der Waals surface area contributed by atoms with E-state index in [1.165, 1.54) is 4.90 Å². The molecule has 1 aliphatic heterocycles. The molecule has 2 heterocycles. The first kappa shape index (κ1) is 24.6. The summed E-state index contributed by atoms with van der Waals surface area (Å²) in [5.41, 5.74) is 5.54. The van der Waals surface area contributed by atoms with E-state index in [9.17, 15) is 9.90 Å². The van der Waals surface area contributed by atoms with Gasteiger partial charge in [0, 0.05) is 56.4 Å². The number of pyridine rings is 1. The molecule has 1 saturated heterocycles. The van der Waals surface area contributed by atoms with Crippen molar-refractivity contribution in [1.82, 2.24) is 15.2 Å². The molecule has 1 aromatic heterocycles. The molecule has 0 atom stereocenters. The highest BCUT2D eigenvalue weighted by atomic mass is 35.5. The summed E-state index contributed by atoms with van der Waals surface area (Å²) in [4.78, 5) is 21.7. The van der Waals surface area contributed by atoms with E-state index >= 15 is 0 Å². The first-order valence-electron chi connectivity index (χ1n) is 11.4. The predicted octanol–water partition coefficient (Wildman–Crippen LogP) is 4.75. The molecular weight excluding hydrogens is 462 g/mol. The molecule has 7 nitrogen and oxygen atoms in total. The zero-order chi connectivity index (χ0) is 25.1. The molecule has 4 rings (SSSR count). The van der Waals surface area contributed by atoms with Crippen molar-refractivity contribution in [3.63, 3.8) is 0 Å². The third-order valence-electron chi connectivity index (χ3n) is 5.87. The Morgan fingerprint density at radius 2 is 1.80 bits per heavy atom. The zero-order valence-corrected chi connectivity index (χ0v) is 21.2. The summed E-state index contributed by atoms with van der Waals surface area (Å²) in [6, 6.07) is 13.3. The van der Waals surface area contributed by atoms with E-state index in [2.05, 4.69) is 10.2 Å². The van der Waals surface area contributed by atoms with Crippen molar-refractivity contribution in [1.29, 1.82) is 0 Å². The number of carbonyl (C=O) groups is 1. The number of hydrogen-bond donors (Lipinski definition) is 2. The van der Waals surface area contributed by atoms with Crippen molar-refractivity contribution in [3.8, 4) is 28.0 Å². The normalized spacial score (nSPS) is 13.5.